The average molecular weight is 328 g/mol. The van der Waals surface area contributed by atoms with Gasteiger partial charge in [-0.1, -0.05) is 6.07 Å². The van der Waals surface area contributed by atoms with Gasteiger partial charge in [0.1, 0.15) is 0 Å². The highest BCUT2D eigenvalue weighted by molar-refractivity contribution is 7.10. The van der Waals surface area contributed by atoms with Crippen molar-refractivity contribution < 1.29 is 0 Å². The number of fused-ring (bicyclic) bond motifs is 1. The summed E-state index contributed by atoms with van der Waals surface area (Å²) >= 11 is 1.88. The van der Waals surface area contributed by atoms with Gasteiger partial charge in [0.15, 0.2) is 5.96 Å². The molecule has 0 saturated heterocycles. The number of nitrogens with one attached hydrogen (secondary N) is 1. The first-order valence-electron chi connectivity index (χ1n) is 8.03. The van der Waals surface area contributed by atoms with Gasteiger partial charge in [0.05, 0.1) is 6.54 Å². The molecular weight excluding hydrogens is 304 g/mol. The van der Waals surface area contributed by atoms with Crippen LogP contribution in [0.15, 0.2) is 34.6 Å². The molecule has 0 saturated carbocycles. The Hall–Kier alpha value is -1.85. The maximum Gasteiger partial charge on any atom is 0.193 e. The molecule has 0 amide bonds. The minimum absolute atomic E-state index is 0.489. The van der Waals surface area contributed by atoms with Crippen LogP contribution in [-0.2, 0) is 13.0 Å². The predicted molar refractivity (Wildman–Crippen MR) is 99.3 cm³/mol. The Bertz CT molecular complexity index is 685. The standard InChI is InChI=1S/C18H24N4S/c1-13-9-14(2)11-16(10-13)21-18(19)20-5-7-22-6-3-17-15(12-22)4-8-23-17/h4,8-11H,3,5-7,12H2,1-2H3,(H3,19,20,21). The molecule has 0 bridgehead atoms. The number of benzene rings is 1. The van der Waals surface area contributed by atoms with E-state index >= 15 is 0 Å². The van der Waals surface area contributed by atoms with Gasteiger partial charge in [-0.2, -0.15) is 0 Å². The number of nitrogens with zero attached hydrogens (tertiary/aromatic N) is 2. The van der Waals surface area contributed by atoms with E-state index in [1.54, 1.807) is 4.88 Å². The molecular formula is C18H24N4S. The van der Waals surface area contributed by atoms with Crippen LogP contribution < -0.4 is 11.1 Å². The van der Waals surface area contributed by atoms with E-state index < -0.39 is 0 Å². The number of guanidine groups is 1. The summed E-state index contributed by atoms with van der Waals surface area (Å²) in [4.78, 5) is 8.45. The zero-order valence-corrected chi connectivity index (χ0v) is 14.6. The quantitative estimate of drug-likeness (QED) is 0.669. The highest BCUT2D eigenvalue weighted by Crippen LogP contribution is 2.23. The first kappa shape index (κ1) is 16.0. The maximum absolute atomic E-state index is 6.00. The first-order chi connectivity index (χ1) is 11.1. The number of hydrogen-bond acceptors (Lipinski definition) is 3. The van der Waals surface area contributed by atoms with E-state index in [0.29, 0.717) is 5.96 Å². The Kier molecular flexibility index (Phi) is 4.98. The summed E-state index contributed by atoms with van der Waals surface area (Å²) in [5.74, 6) is 0.489. The number of aryl methyl sites for hydroxylation is 2. The van der Waals surface area contributed by atoms with Gasteiger partial charge in [0.2, 0.25) is 0 Å². The lowest BCUT2D eigenvalue weighted by Crippen LogP contribution is -2.32. The smallest absolute Gasteiger partial charge is 0.193 e. The summed E-state index contributed by atoms with van der Waals surface area (Å²) in [6.45, 7) is 8.00. The fraction of sp³-hybridized carbons (Fsp3) is 0.389. The van der Waals surface area contributed by atoms with Crippen LogP contribution in [0.1, 0.15) is 21.6 Å². The molecule has 5 heteroatoms. The van der Waals surface area contributed by atoms with Gasteiger partial charge in [-0.25, -0.2) is 0 Å². The summed E-state index contributed by atoms with van der Waals surface area (Å²) in [5.41, 5.74) is 10.9. The minimum atomic E-state index is 0.489. The number of thiophene rings is 1. The largest absolute Gasteiger partial charge is 0.370 e. The monoisotopic (exact) mass is 328 g/mol. The lowest BCUT2D eigenvalue weighted by Gasteiger charge is -2.26. The van der Waals surface area contributed by atoms with Crippen LogP contribution in [0.4, 0.5) is 5.69 Å². The fourth-order valence-electron chi connectivity index (χ4n) is 3.04. The van der Waals surface area contributed by atoms with Crippen LogP contribution in [-0.4, -0.2) is 30.5 Å². The van der Waals surface area contributed by atoms with Crippen molar-refractivity contribution in [2.24, 2.45) is 10.7 Å². The van der Waals surface area contributed by atoms with Crippen molar-refractivity contribution in [1.82, 2.24) is 4.90 Å². The molecule has 3 N–H and O–H groups in total. The number of nitrogens with two attached hydrogens (primary N) is 1. The van der Waals surface area contributed by atoms with Gasteiger partial charge in [-0.05, 0) is 60.5 Å². The molecule has 1 aliphatic rings. The Balaban J connectivity index is 1.50. The third-order valence-electron chi connectivity index (χ3n) is 4.08. The maximum atomic E-state index is 6.00. The minimum Gasteiger partial charge on any atom is -0.370 e. The van der Waals surface area contributed by atoms with E-state index in [9.17, 15) is 0 Å². The van der Waals surface area contributed by atoms with Crippen molar-refractivity contribution in [2.45, 2.75) is 26.8 Å². The van der Waals surface area contributed by atoms with Crippen molar-refractivity contribution in [3.8, 4) is 0 Å². The van der Waals surface area contributed by atoms with Gasteiger partial charge < -0.3 is 11.1 Å². The van der Waals surface area contributed by atoms with E-state index in [-0.39, 0.29) is 0 Å². The van der Waals surface area contributed by atoms with Crippen molar-refractivity contribution in [3.05, 3.63) is 51.2 Å². The van der Waals surface area contributed by atoms with Crippen molar-refractivity contribution >= 4 is 23.0 Å². The molecule has 0 unspecified atom stereocenters. The zero-order valence-electron chi connectivity index (χ0n) is 13.8. The SMILES string of the molecule is Cc1cc(C)cc(NC(N)=NCCN2CCc3sccc3C2)c1. The van der Waals surface area contributed by atoms with Crippen LogP contribution in [0.25, 0.3) is 0 Å². The Labute approximate surface area is 142 Å². The average Bonchev–Trinajstić information content (AvgIpc) is 2.93. The molecule has 2 aromatic rings. The molecule has 2 heterocycles. The third kappa shape index (κ3) is 4.33. The number of hydrogen-bond donors (Lipinski definition) is 2. The lowest BCUT2D eigenvalue weighted by atomic mass is 10.1. The molecule has 23 heavy (non-hydrogen) atoms. The summed E-state index contributed by atoms with van der Waals surface area (Å²) in [7, 11) is 0. The van der Waals surface area contributed by atoms with E-state index in [2.05, 4.69) is 58.7 Å². The second-order valence-corrected chi connectivity index (χ2v) is 7.16. The van der Waals surface area contributed by atoms with Gasteiger partial charge in [0, 0.05) is 30.2 Å². The fourth-order valence-corrected chi connectivity index (χ4v) is 3.93. The molecule has 1 aromatic carbocycles. The van der Waals surface area contributed by atoms with Crippen molar-refractivity contribution in [2.75, 3.05) is 25.0 Å². The molecule has 0 spiro atoms. The van der Waals surface area contributed by atoms with Crippen LogP contribution >= 0.6 is 11.3 Å². The summed E-state index contributed by atoms with van der Waals surface area (Å²) in [6.07, 6.45) is 1.16. The van der Waals surface area contributed by atoms with Crippen molar-refractivity contribution in [1.29, 1.82) is 0 Å². The van der Waals surface area contributed by atoms with E-state index in [0.717, 1.165) is 38.3 Å². The number of rotatable bonds is 4. The second kappa shape index (κ2) is 7.15. The Morgan fingerprint density at radius 3 is 2.87 bits per heavy atom. The van der Waals surface area contributed by atoms with Gasteiger partial charge >= 0.3 is 0 Å². The van der Waals surface area contributed by atoms with E-state index in [4.69, 9.17) is 5.73 Å². The Morgan fingerprint density at radius 1 is 1.30 bits per heavy atom. The van der Waals surface area contributed by atoms with Gasteiger partial charge in [-0.3, -0.25) is 9.89 Å². The van der Waals surface area contributed by atoms with Crippen LogP contribution in [0.3, 0.4) is 0 Å². The van der Waals surface area contributed by atoms with Gasteiger partial charge in [0.25, 0.3) is 0 Å². The van der Waals surface area contributed by atoms with E-state index in [1.165, 1.54) is 16.7 Å². The normalized spacial score (nSPS) is 15.5. The molecule has 122 valence electrons. The first-order valence-corrected chi connectivity index (χ1v) is 8.91. The summed E-state index contributed by atoms with van der Waals surface area (Å²) < 4.78 is 0. The van der Waals surface area contributed by atoms with Crippen LogP contribution in [0.2, 0.25) is 0 Å². The van der Waals surface area contributed by atoms with Gasteiger partial charge in [-0.15, -0.1) is 11.3 Å². The lowest BCUT2D eigenvalue weighted by molar-refractivity contribution is 0.264. The molecule has 4 nitrogen and oxygen atoms in total. The number of aliphatic imine (C=N–C) groups is 1. The molecule has 0 atom stereocenters. The Morgan fingerprint density at radius 2 is 2.09 bits per heavy atom. The molecule has 3 rings (SSSR count). The van der Waals surface area contributed by atoms with Crippen LogP contribution in [0, 0.1) is 13.8 Å². The second-order valence-electron chi connectivity index (χ2n) is 6.16. The molecule has 0 aliphatic carbocycles. The summed E-state index contributed by atoms with van der Waals surface area (Å²) in [6, 6.07) is 8.55. The molecule has 0 radical (unpaired) electrons. The predicted octanol–water partition coefficient (Wildman–Crippen LogP) is 3.15. The summed E-state index contributed by atoms with van der Waals surface area (Å²) in [5, 5.41) is 5.38. The number of anilines is 1. The highest BCUT2D eigenvalue weighted by atomic mass is 32.1. The molecule has 0 fully saturated rings. The topological polar surface area (TPSA) is 53.6 Å². The van der Waals surface area contributed by atoms with Crippen LogP contribution in [0.5, 0.6) is 0 Å². The zero-order chi connectivity index (χ0) is 16.2. The third-order valence-corrected chi connectivity index (χ3v) is 5.10. The molecule has 1 aromatic heterocycles. The van der Waals surface area contributed by atoms with Crippen molar-refractivity contribution in [3.63, 3.8) is 0 Å². The highest BCUT2D eigenvalue weighted by Gasteiger charge is 2.16. The van der Waals surface area contributed by atoms with E-state index in [1.807, 2.05) is 11.3 Å². The molecule has 1 aliphatic heterocycles.